The van der Waals surface area contributed by atoms with Crippen LogP contribution in [0.4, 0.5) is 10.1 Å². The second-order valence-electron chi connectivity index (χ2n) is 4.66. The summed E-state index contributed by atoms with van der Waals surface area (Å²) < 4.78 is 29.7. The summed E-state index contributed by atoms with van der Waals surface area (Å²) in [4.78, 5) is 13.7. The molecule has 1 aliphatic rings. The average Bonchev–Trinajstić information content (AvgIpc) is 2.67. The molecule has 1 aromatic rings. The highest BCUT2D eigenvalue weighted by Gasteiger charge is 2.34. The Hall–Kier alpha value is -1.27. The minimum absolute atomic E-state index is 0.222. The first-order valence-corrected chi connectivity index (χ1v) is 7.47. The fourth-order valence-corrected chi connectivity index (χ4v) is 2.75. The van der Waals surface area contributed by atoms with Gasteiger partial charge in [-0.2, -0.15) is 0 Å². The number of anilines is 1. The van der Waals surface area contributed by atoms with Crippen molar-refractivity contribution in [1.82, 2.24) is 0 Å². The Morgan fingerprint density at radius 1 is 1.37 bits per heavy atom. The first-order valence-electron chi connectivity index (χ1n) is 5.99. The standard InChI is InChI=1S/C13H16FNO3S/c1-8-6-10(7-9(2)12(8)14)15-5-4-11(13(15)16)18-19(3)17/h6-7,11H,4-5H2,1-3H3. The van der Waals surface area contributed by atoms with Gasteiger partial charge < -0.3 is 4.90 Å². The molecule has 0 radical (unpaired) electrons. The van der Waals surface area contributed by atoms with Crippen molar-refractivity contribution in [3.8, 4) is 0 Å². The van der Waals surface area contributed by atoms with E-state index in [2.05, 4.69) is 0 Å². The monoisotopic (exact) mass is 285 g/mol. The van der Waals surface area contributed by atoms with E-state index in [-0.39, 0.29) is 11.7 Å². The molecule has 2 atom stereocenters. The predicted octanol–water partition coefficient (Wildman–Crippen LogP) is 1.86. The lowest BCUT2D eigenvalue weighted by atomic mass is 10.1. The van der Waals surface area contributed by atoms with E-state index in [0.717, 1.165) is 0 Å². The van der Waals surface area contributed by atoms with Crippen LogP contribution in [0.15, 0.2) is 12.1 Å². The van der Waals surface area contributed by atoms with E-state index in [1.54, 1.807) is 30.9 Å². The van der Waals surface area contributed by atoms with Gasteiger partial charge in [0.15, 0.2) is 17.2 Å². The largest absolute Gasteiger partial charge is 0.310 e. The van der Waals surface area contributed by atoms with Crippen LogP contribution in [-0.2, 0) is 20.1 Å². The Morgan fingerprint density at radius 2 is 1.95 bits per heavy atom. The van der Waals surface area contributed by atoms with Crippen LogP contribution in [0.3, 0.4) is 0 Å². The van der Waals surface area contributed by atoms with E-state index < -0.39 is 17.2 Å². The molecular formula is C13H16FNO3S. The molecule has 6 heteroatoms. The molecule has 0 spiro atoms. The van der Waals surface area contributed by atoms with Crippen molar-refractivity contribution >= 4 is 22.7 Å². The molecule has 1 aromatic carbocycles. The van der Waals surface area contributed by atoms with Gasteiger partial charge in [-0.05, 0) is 37.1 Å². The zero-order chi connectivity index (χ0) is 14.2. The number of hydrogen-bond donors (Lipinski definition) is 0. The van der Waals surface area contributed by atoms with Gasteiger partial charge in [0, 0.05) is 24.9 Å². The number of halogens is 1. The molecule has 0 saturated carbocycles. The number of hydrogen-bond acceptors (Lipinski definition) is 3. The lowest BCUT2D eigenvalue weighted by Crippen LogP contribution is -2.31. The molecular weight excluding hydrogens is 269 g/mol. The third kappa shape index (κ3) is 2.84. The van der Waals surface area contributed by atoms with Crippen molar-refractivity contribution in [1.29, 1.82) is 0 Å². The maximum absolute atomic E-state index is 13.6. The lowest BCUT2D eigenvalue weighted by molar-refractivity contribution is -0.122. The van der Waals surface area contributed by atoms with Crippen LogP contribution in [-0.4, -0.2) is 29.0 Å². The number of rotatable bonds is 3. The molecule has 0 bridgehead atoms. The van der Waals surface area contributed by atoms with Crippen LogP contribution in [0.2, 0.25) is 0 Å². The maximum atomic E-state index is 13.6. The minimum atomic E-state index is -1.47. The molecule has 4 nitrogen and oxygen atoms in total. The summed E-state index contributed by atoms with van der Waals surface area (Å²) in [6, 6.07) is 3.29. The molecule has 19 heavy (non-hydrogen) atoms. The highest BCUT2D eigenvalue weighted by Crippen LogP contribution is 2.27. The SMILES string of the molecule is Cc1cc(N2CCC(OS(C)=O)C2=O)cc(C)c1F. The van der Waals surface area contributed by atoms with E-state index in [9.17, 15) is 13.4 Å². The number of carbonyl (C=O) groups excluding carboxylic acids is 1. The van der Waals surface area contributed by atoms with E-state index in [0.29, 0.717) is 29.8 Å². The van der Waals surface area contributed by atoms with Gasteiger partial charge in [0.25, 0.3) is 5.91 Å². The fourth-order valence-electron chi connectivity index (χ4n) is 2.24. The van der Waals surface area contributed by atoms with Crippen molar-refractivity contribution in [3.63, 3.8) is 0 Å². The van der Waals surface area contributed by atoms with Gasteiger partial charge in [-0.3, -0.25) is 8.98 Å². The minimum Gasteiger partial charge on any atom is -0.310 e. The molecule has 2 rings (SSSR count). The van der Waals surface area contributed by atoms with Gasteiger partial charge in [0.05, 0.1) is 0 Å². The Kier molecular flexibility index (Phi) is 4.01. The van der Waals surface area contributed by atoms with E-state index in [4.69, 9.17) is 4.18 Å². The fraction of sp³-hybridized carbons (Fsp3) is 0.462. The van der Waals surface area contributed by atoms with Crippen LogP contribution in [0.25, 0.3) is 0 Å². The summed E-state index contributed by atoms with van der Waals surface area (Å²) in [5.41, 5.74) is 1.67. The Labute approximate surface area is 114 Å². The van der Waals surface area contributed by atoms with Gasteiger partial charge in [-0.25, -0.2) is 8.60 Å². The number of aryl methyl sites for hydroxylation is 2. The van der Waals surface area contributed by atoms with E-state index >= 15 is 0 Å². The number of benzene rings is 1. The van der Waals surface area contributed by atoms with Gasteiger partial charge in [-0.15, -0.1) is 0 Å². The first kappa shape index (κ1) is 14.1. The third-order valence-electron chi connectivity index (χ3n) is 3.14. The highest BCUT2D eigenvalue weighted by molar-refractivity contribution is 7.79. The highest BCUT2D eigenvalue weighted by atomic mass is 32.2. The van der Waals surface area contributed by atoms with Crippen LogP contribution >= 0.6 is 0 Å². The summed E-state index contributed by atoms with van der Waals surface area (Å²) in [6.45, 7) is 3.83. The Bertz CT molecular complexity index is 524. The number of carbonyl (C=O) groups is 1. The summed E-state index contributed by atoms with van der Waals surface area (Å²) in [5.74, 6) is -0.474. The third-order valence-corrected chi connectivity index (χ3v) is 3.64. The van der Waals surface area contributed by atoms with Crippen molar-refractivity contribution in [2.75, 3.05) is 17.7 Å². The summed E-state index contributed by atoms with van der Waals surface area (Å²) in [7, 11) is 0. The Morgan fingerprint density at radius 3 is 2.47 bits per heavy atom. The van der Waals surface area contributed by atoms with Gasteiger partial charge in [-0.1, -0.05) is 0 Å². The van der Waals surface area contributed by atoms with Crippen LogP contribution in [0.1, 0.15) is 17.5 Å². The van der Waals surface area contributed by atoms with Crippen LogP contribution < -0.4 is 4.90 Å². The molecule has 104 valence electrons. The molecule has 1 saturated heterocycles. The quantitative estimate of drug-likeness (QED) is 0.851. The maximum Gasteiger partial charge on any atom is 0.257 e. The second kappa shape index (κ2) is 5.38. The normalized spacial score (nSPS) is 20.9. The van der Waals surface area contributed by atoms with Crippen molar-refractivity contribution in [2.24, 2.45) is 0 Å². The molecule has 0 aromatic heterocycles. The number of nitrogens with zero attached hydrogens (tertiary/aromatic N) is 1. The molecule has 1 amide bonds. The summed E-state index contributed by atoms with van der Waals surface area (Å²) in [5, 5.41) is 0. The molecule has 0 N–H and O–H groups in total. The lowest BCUT2D eigenvalue weighted by Gasteiger charge is -2.18. The molecule has 1 aliphatic heterocycles. The van der Waals surface area contributed by atoms with Crippen molar-refractivity contribution in [2.45, 2.75) is 26.4 Å². The predicted molar refractivity (Wildman–Crippen MR) is 71.8 cm³/mol. The second-order valence-corrected chi connectivity index (χ2v) is 5.65. The summed E-state index contributed by atoms with van der Waals surface area (Å²) in [6.07, 6.45) is 1.22. The van der Waals surface area contributed by atoms with Crippen molar-refractivity contribution < 1.29 is 17.6 Å². The smallest absolute Gasteiger partial charge is 0.257 e. The summed E-state index contributed by atoms with van der Waals surface area (Å²) >= 11 is -1.47. The van der Waals surface area contributed by atoms with Gasteiger partial charge >= 0.3 is 0 Å². The van der Waals surface area contributed by atoms with Crippen molar-refractivity contribution in [3.05, 3.63) is 29.1 Å². The molecule has 2 unspecified atom stereocenters. The molecule has 1 fully saturated rings. The average molecular weight is 285 g/mol. The van der Waals surface area contributed by atoms with Gasteiger partial charge in [0.2, 0.25) is 0 Å². The van der Waals surface area contributed by atoms with Gasteiger partial charge in [0.1, 0.15) is 5.82 Å². The van der Waals surface area contributed by atoms with Crippen LogP contribution in [0.5, 0.6) is 0 Å². The molecule has 1 heterocycles. The molecule has 0 aliphatic carbocycles. The number of amides is 1. The zero-order valence-electron chi connectivity index (χ0n) is 11.1. The first-order chi connectivity index (χ1) is 8.90. The van der Waals surface area contributed by atoms with E-state index in [1.807, 2.05) is 0 Å². The zero-order valence-corrected chi connectivity index (χ0v) is 11.9. The van der Waals surface area contributed by atoms with E-state index in [1.165, 1.54) is 6.26 Å². The van der Waals surface area contributed by atoms with Crippen LogP contribution in [0, 0.1) is 19.7 Å². The Balaban J connectivity index is 2.24. The topological polar surface area (TPSA) is 46.6 Å².